The molecule has 252 valence electrons. The zero-order chi connectivity index (χ0) is 39.0. The summed E-state index contributed by atoms with van der Waals surface area (Å²) in [6.45, 7) is 0. The van der Waals surface area contributed by atoms with Gasteiger partial charge in [0.05, 0.1) is 22.3 Å². The molecule has 0 spiro atoms. The van der Waals surface area contributed by atoms with Gasteiger partial charge in [0.2, 0.25) is 0 Å². The summed E-state index contributed by atoms with van der Waals surface area (Å²) in [5.74, 6) is -3.29. The molecule has 0 bridgehead atoms. The van der Waals surface area contributed by atoms with E-state index in [0.717, 1.165) is 42.5 Å². The smallest absolute Gasteiger partial charge is 0.404 e. The van der Waals surface area contributed by atoms with Crippen LogP contribution in [0.3, 0.4) is 0 Å². The van der Waals surface area contributed by atoms with E-state index >= 15 is 4.39 Å². The SMILES string of the molecule is N#CC(C#N)=C1C(c2ccc(OC(F)(F)F)c(C#N)c2)=C(C#N)c2cc3c(c(F)c21)C(=C(C#N)C#N)C(c1ccc(OC(F)(F)F)c(C#N)c1)=C3C#N. The van der Waals surface area contributed by atoms with Crippen LogP contribution in [0.5, 0.6) is 11.5 Å². The lowest BCUT2D eigenvalue weighted by molar-refractivity contribution is -0.275. The number of nitrogens with zero attached hydrogens (tertiary/aromatic N) is 8. The molecule has 0 fully saturated rings. The number of halogens is 7. The highest BCUT2D eigenvalue weighted by molar-refractivity contribution is 6.30. The topological polar surface area (TPSA) is 209 Å². The summed E-state index contributed by atoms with van der Waals surface area (Å²) in [4.78, 5) is 0. The molecule has 2 aliphatic rings. The van der Waals surface area contributed by atoms with E-state index in [4.69, 9.17) is 0 Å². The van der Waals surface area contributed by atoms with Gasteiger partial charge in [0.25, 0.3) is 0 Å². The fourth-order valence-corrected chi connectivity index (χ4v) is 5.86. The Hall–Kier alpha value is -8.35. The molecule has 0 heterocycles. The Morgan fingerprint density at radius 1 is 0.509 bits per heavy atom. The van der Waals surface area contributed by atoms with E-state index in [1.807, 2.05) is 0 Å². The number of hydrogen-bond acceptors (Lipinski definition) is 10. The molecule has 53 heavy (non-hydrogen) atoms. The number of alkyl halides is 6. The molecule has 2 aliphatic carbocycles. The fourth-order valence-electron chi connectivity index (χ4n) is 5.86. The Balaban J connectivity index is 1.90. The largest absolute Gasteiger partial charge is 0.573 e. The summed E-state index contributed by atoms with van der Waals surface area (Å²) in [6, 6.07) is 18.9. The van der Waals surface area contributed by atoms with Crippen LogP contribution in [0.25, 0.3) is 33.4 Å². The summed E-state index contributed by atoms with van der Waals surface area (Å²) in [6.07, 6.45) is -10.4. The third-order valence-electron chi connectivity index (χ3n) is 7.70. The van der Waals surface area contributed by atoms with Crippen molar-refractivity contribution >= 4 is 33.4 Å². The monoisotopic (exact) mass is 716 g/mol. The molecule has 0 saturated heterocycles. The van der Waals surface area contributed by atoms with Crippen molar-refractivity contribution in [2.45, 2.75) is 12.7 Å². The van der Waals surface area contributed by atoms with Crippen molar-refractivity contribution in [2.75, 3.05) is 0 Å². The highest BCUT2D eigenvalue weighted by atomic mass is 19.4. The number of nitriles is 8. The summed E-state index contributed by atoms with van der Waals surface area (Å²) in [5.41, 5.74) is -8.42. The Morgan fingerprint density at radius 2 is 0.868 bits per heavy atom. The van der Waals surface area contributed by atoms with Crippen LogP contribution in [-0.2, 0) is 0 Å². The Kier molecular flexibility index (Phi) is 8.93. The molecule has 0 aromatic heterocycles. The van der Waals surface area contributed by atoms with E-state index in [1.54, 1.807) is 36.4 Å². The minimum absolute atomic E-state index is 0.242. The molecule has 0 radical (unpaired) electrons. The standard InChI is InChI=1S/C36H7F7N8O2/c37-34-32-22(24(14-50)28(30(32)20(10-46)11-47)16-1-3-26(18(5-16)8-44)52-35(38,39)40)7-23-25(15-51)29(31(33(23)34)21(12-48)13-49)17-2-4-27(19(6-17)9-45)53-36(41,42)43/h1-7H. The van der Waals surface area contributed by atoms with E-state index < -0.39 is 85.7 Å². The zero-order valence-corrected chi connectivity index (χ0v) is 25.6. The third-order valence-corrected chi connectivity index (χ3v) is 7.70. The third kappa shape index (κ3) is 6.07. The lowest BCUT2D eigenvalue weighted by Gasteiger charge is -2.15. The van der Waals surface area contributed by atoms with Crippen LogP contribution in [0.15, 0.2) is 53.6 Å². The molecule has 0 unspecified atom stereocenters. The van der Waals surface area contributed by atoms with Gasteiger partial charge in [-0.3, -0.25) is 0 Å². The maximum atomic E-state index is 17.3. The number of allylic oxidation sites excluding steroid dienone is 8. The van der Waals surface area contributed by atoms with Gasteiger partial charge in [0, 0.05) is 44.5 Å². The van der Waals surface area contributed by atoms with Gasteiger partial charge in [0.15, 0.2) is 0 Å². The van der Waals surface area contributed by atoms with Gasteiger partial charge in [-0.1, -0.05) is 12.1 Å². The van der Waals surface area contributed by atoms with Crippen molar-refractivity contribution in [1.82, 2.24) is 0 Å². The average Bonchev–Trinajstić information content (AvgIpc) is 3.61. The van der Waals surface area contributed by atoms with Crippen molar-refractivity contribution in [3.05, 3.63) is 104 Å². The molecular weight excluding hydrogens is 709 g/mol. The van der Waals surface area contributed by atoms with Gasteiger partial charge in [0.1, 0.15) is 77.0 Å². The maximum Gasteiger partial charge on any atom is 0.573 e. The van der Waals surface area contributed by atoms with Crippen LogP contribution in [-0.4, -0.2) is 12.7 Å². The first kappa shape index (κ1) is 35.9. The van der Waals surface area contributed by atoms with Crippen LogP contribution in [0.1, 0.15) is 44.5 Å². The summed E-state index contributed by atoms with van der Waals surface area (Å²) >= 11 is 0. The van der Waals surface area contributed by atoms with E-state index in [-0.39, 0.29) is 33.4 Å². The second kappa shape index (κ2) is 13.2. The Morgan fingerprint density at radius 3 is 1.15 bits per heavy atom. The van der Waals surface area contributed by atoms with Gasteiger partial charge in [-0.25, -0.2) is 4.39 Å². The van der Waals surface area contributed by atoms with E-state index in [1.165, 1.54) is 12.1 Å². The molecule has 0 atom stereocenters. The average molecular weight is 716 g/mol. The number of rotatable bonds is 4. The zero-order valence-electron chi connectivity index (χ0n) is 25.6. The Labute approximate surface area is 292 Å². The van der Waals surface area contributed by atoms with Crippen LogP contribution in [0.4, 0.5) is 30.7 Å². The molecule has 3 aromatic rings. The minimum atomic E-state index is -5.21. The molecule has 0 saturated carbocycles. The van der Waals surface area contributed by atoms with Gasteiger partial charge in [-0.15, -0.1) is 26.3 Å². The summed E-state index contributed by atoms with van der Waals surface area (Å²) in [5, 5.41) is 79.5. The van der Waals surface area contributed by atoms with Crippen LogP contribution in [0.2, 0.25) is 0 Å². The van der Waals surface area contributed by atoms with Crippen LogP contribution in [0, 0.1) is 96.5 Å². The first-order valence-electron chi connectivity index (χ1n) is 14.0. The second-order valence-electron chi connectivity index (χ2n) is 10.4. The van der Waals surface area contributed by atoms with Crippen LogP contribution >= 0.6 is 0 Å². The van der Waals surface area contributed by atoms with Gasteiger partial charge in [-0.2, -0.15) is 42.1 Å². The van der Waals surface area contributed by atoms with E-state index in [0.29, 0.717) is 0 Å². The van der Waals surface area contributed by atoms with Crippen molar-refractivity contribution in [2.24, 2.45) is 0 Å². The predicted octanol–water partition coefficient (Wildman–Crippen LogP) is 7.86. The van der Waals surface area contributed by atoms with E-state index in [9.17, 15) is 68.4 Å². The molecule has 0 amide bonds. The first-order chi connectivity index (χ1) is 25.1. The molecular formula is C36H7F7N8O2. The van der Waals surface area contributed by atoms with Crippen molar-refractivity contribution < 1.29 is 40.2 Å². The molecule has 10 nitrogen and oxygen atoms in total. The van der Waals surface area contributed by atoms with Gasteiger partial charge >= 0.3 is 12.7 Å². The minimum Gasteiger partial charge on any atom is -0.404 e. The van der Waals surface area contributed by atoms with Crippen LogP contribution < -0.4 is 9.47 Å². The summed E-state index contributed by atoms with van der Waals surface area (Å²) < 4.78 is 103. The van der Waals surface area contributed by atoms with E-state index in [2.05, 4.69) is 9.47 Å². The molecule has 3 aromatic carbocycles. The molecule has 17 heteroatoms. The van der Waals surface area contributed by atoms with Crippen molar-refractivity contribution in [3.8, 4) is 60.1 Å². The van der Waals surface area contributed by atoms with Crippen molar-refractivity contribution in [1.29, 1.82) is 42.1 Å². The Bertz CT molecular complexity index is 2480. The molecule has 0 N–H and O–H groups in total. The maximum absolute atomic E-state index is 17.3. The normalized spacial score (nSPS) is 12.8. The number of fused-ring (bicyclic) bond motifs is 2. The highest BCUT2D eigenvalue weighted by Crippen LogP contribution is 2.56. The highest BCUT2D eigenvalue weighted by Gasteiger charge is 2.42. The first-order valence-corrected chi connectivity index (χ1v) is 14.0. The number of ether oxygens (including phenoxy) is 2. The second-order valence-corrected chi connectivity index (χ2v) is 10.4. The predicted molar refractivity (Wildman–Crippen MR) is 163 cm³/mol. The van der Waals surface area contributed by atoms with Crippen molar-refractivity contribution in [3.63, 3.8) is 0 Å². The number of hydrogen-bond donors (Lipinski definition) is 0. The molecule has 5 rings (SSSR count). The lowest BCUT2D eigenvalue weighted by Crippen LogP contribution is -2.17. The quantitative estimate of drug-likeness (QED) is 0.188. The lowest BCUT2D eigenvalue weighted by atomic mass is 9.88. The van der Waals surface area contributed by atoms with Gasteiger partial charge in [-0.05, 0) is 41.5 Å². The summed E-state index contributed by atoms with van der Waals surface area (Å²) in [7, 11) is 0. The molecule has 0 aliphatic heterocycles. The van der Waals surface area contributed by atoms with Gasteiger partial charge < -0.3 is 9.47 Å². The number of benzene rings is 3. The fraction of sp³-hybridized carbons (Fsp3) is 0.0556.